The lowest BCUT2D eigenvalue weighted by atomic mass is 10.2. The van der Waals surface area contributed by atoms with Crippen LogP contribution in [-0.4, -0.2) is 55.3 Å². The van der Waals surface area contributed by atoms with Crippen molar-refractivity contribution in [1.82, 2.24) is 9.62 Å². The fourth-order valence-electron chi connectivity index (χ4n) is 3.34. The number of nitrogens with one attached hydrogen (secondary N) is 3. The van der Waals surface area contributed by atoms with Crippen molar-refractivity contribution in [3.63, 3.8) is 0 Å². The summed E-state index contributed by atoms with van der Waals surface area (Å²) in [6.45, 7) is 0.163. The van der Waals surface area contributed by atoms with Gasteiger partial charge in [-0.05, 0) is 36.4 Å². The number of hydrogen-bond acceptors (Lipinski definition) is 6. The molecule has 3 N–H and O–H groups in total. The second-order valence-corrected chi connectivity index (χ2v) is 10.8. The van der Waals surface area contributed by atoms with Crippen molar-refractivity contribution in [2.75, 3.05) is 30.3 Å². The summed E-state index contributed by atoms with van der Waals surface area (Å²) in [5.74, 6) is -1.10. The van der Waals surface area contributed by atoms with Crippen LogP contribution in [0.2, 0.25) is 5.02 Å². The van der Waals surface area contributed by atoms with Gasteiger partial charge in [-0.3, -0.25) is 14.4 Å². The highest BCUT2D eigenvalue weighted by atomic mass is 35.5. The van der Waals surface area contributed by atoms with Crippen LogP contribution in [0.25, 0.3) is 0 Å². The summed E-state index contributed by atoms with van der Waals surface area (Å²) in [5, 5.41) is 7.84. The van der Waals surface area contributed by atoms with Gasteiger partial charge in [-0.25, -0.2) is 8.42 Å². The van der Waals surface area contributed by atoms with Crippen molar-refractivity contribution < 1.29 is 22.8 Å². The number of rotatable bonds is 5. The minimum absolute atomic E-state index is 0.0272. The summed E-state index contributed by atoms with van der Waals surface area (Å²) >= 11 is 7.21. The van der Waals surface area contributed by atoms with Crippen LogP contribution in [0.3, 0.4) is 0 Å². The lowest BCUT2D eigenvalue weighted by molar-refractivity contribution is -0.122. The predicted molar refractivity (Wildman–Crippen MR) is 121 cm³/mol. The normalized spacial score (nSPS) is 19.0. The molecule has 2 heterocycles. The number of halogens is 1. The minimum Gasteiger partial charge on any atom is -0.354 e. The lowest BCUT2D eigenvalue weighted by Gasteiger charge is -2.26. The number of thioether (sulfide) groups is 1. The first-order valence-electron chi connectivity index (χ1n) is 9.66. The third-order valence-corrected chi connectivity index (χ3v) is 8.24. The van der Waals surface area contributed by atoms with Gasteiger partial charge in [0.25, 0.3) is 0 Å². The molecule has 2 aromatic carbocycles. The summed E-state index contributed by atoms with van der Waals surface area (Å²) in [6.07, 6.45) is -0.0954. The van der Waals surface area contributed by atoms with Crippen molar-refractivity contribution in [3.05, 3.63) is 47.5 Å². The summed E-state index contributed by atoms with van der Waals surface area (Å²) in [4.78, 5) is 37.3. The van der Waals surface area contributed by atoms with E-state index in [1.54, 1.807) is 24.3 Å². The van der Waals surface area contributed by atoms with Crippen LogP contribution >= 0.6 is 23.4 Å². The van der Waals surface area contributed by atoms with E-state index in [1.165, 1.54) is 30.0 Å². The van der Waals surface area contributed by atoms with Gasteiger partial charge >= 0.3 is 0 Å². The number of piperazine rings is 1. The Hall–Kier alpha value is -2.60. The Morgan fingerprint density at radius 2 is 2.03 bits per heavy atom. The van der Waals surface area contributed by atoms with Gasteiger partial charge in [0.1, 0.15) is 0 Å². The number of anilines is 2. The summed E-state index contributed by atoms with van der Waals surface area (Å²) in [5.41, 5.74) is 0.888. The van der Waals surface area contributed by atoms with Crippen LogP contribution in [0, 0.1) is 0 Å². The second-order valence-electron chi connectivity index (χ2n) is 7.20. The average Bonchev–Trinajstić information content (AvgIpc) is 2.74. The van der Waals surface area contributed by atoms with E-state index in [1.807, 2.05) is 0 Å². The summed E-state index contributed by atoms with van der Waals surface area (Å²) < 4.78 is 26.8. The molecule has 0 saturated carbocycles. The molecule has 2 aliphatic heterocycles. The molecular formula is C20H19ClN4O5S2. The number of benzene rings is 2. The number of nitrogens with zero attached hydrogens (tertiary/aromatic N) is 1. The highest BCUT2D eigenvalue weighted by Crippen LogP contribution is 2.38. The Bertz CT molecular complexity index is 1200. The van der Waals surface area contributed by atoms with E-state index in [2.05, 4.69) is 16.0 Å². The van der Waals surface area contributed by atoms with E-state index in [9.17, 15) is 22.8 Å². The maximum atomic E-state index is 12.8. The molecule has 2 aliphatic rings. The Labute approximate surface area is 193 Å². The molecule has 9 nitrogen and oxygen atoms in total. The molecule has 1 unspecified atom stereocenters. The maximum Gasteiger partial charge on any atom is 0.243 e. The summed E-state index contributed by atoms with van der Waals surface area (Å²) in [6, 6.07) is 11.0. The third kappa shape index (κ3) is 4.90. The van der Waals surface area contributed by atoms with E-state index < -0.39 is 21.2 Å². The Morgan fingerprint density at radius 3 is 2.81 bits per heavy atom. The zero-order chi connectivity index (χ0) is 22.9. The zero-order valence-corrected chi connectivity index (χ0v) is 19.0. The quantitative estimate of drug-likeness (QED) is 0.583. The molecule has 3 amide bonds. The molecule has 1 atom stereocenters. The molecule has 12 heteroatoms. The van der Waals surface area contributed by atoms with Gasteiger partial charge < -0.3 is 16.0 Å². The van der Waals surface area contributed by atoms with Crippen molar-refractivity contribution in [2.24, 2.45) is 0 Å². The molecule has 0 radical (unpaired) electrons. The van der Waals surface area contributed by atoms with E-state index >= 15 is 0 Å². The standard InChI is InChI=1S/C20H19ClN4O5S2/c21-12-4-5-16-15(8-12)24-20(28)17(31-16)10-18(26)23-13-2-1-3-14(9-13)32(29,30)25-7-6-22-19(27)11-25/h1-5,8-9,17H,6-7,10-11H2,(H,22,27)(H,23,26)(H,24,28). The monoisotopic (exact) mass is 494 g/mol. The van der Waals surface area contributed by atoms with Crippen LogP contribution in [0.4, 0.5) is 11.4 Å². The first-order valence-corrected chi connectivity index (χ1v) is 12.4. The molecular weight excluding hydrogens is 476 g/mol. The van der Waals surface area contributed by atoms with Crippen molar-refractivity contribution in [1.29, 1.82) is 0 Å². The van der Waals surface area contributed by atoms with Gasteiger partial charge in [0, 0.05) is 35.1 Å². The number of hydrogen-bond donors (Lipinski definition) is 3. The van der Waals surface area contributed by atoms with Gasteiger partial charge in [0.05, 0.1) is 22.4 Å². The summed E-state index contributed by atoms with van der Waals surface area (Å²) in [7, 11) is -3.88. The maximum absolute atomic E-state index is 12.8. The predicted octanol–water partition coefficient (Wildman–Crippen LogP) is 1.90. The number of sulfonamides is 1. The van der Waals surface area contributed by atoms with Gasteiger partial charge in [-0.1, -0.05) is 17.7 Å². The van der Waals surface area contributed by atoms with Crippen molar-refractivity contribution >= 4 is 62.5 Å². The number of carbonyl (C=O) groups excluding carboxylic acids is 3. The molecule has 1 saturated heterocycles. The van der Waals surface area contributed by atoms with Crippen molar-refractivity contribution in [3.8, 4) is 0 Å². The topological polar surface area (TPSA) is 125 Å². The highest BCUT2D eigenvalue weighted by Gasteiger charge is 2.31. The lowest BCUT2D eigenvalue weighted by Crippen LogP contribution is -2.49. The van der Waals surface area contributed by atoms with Crippen LogP contribution in [0.15, 0.2) is 52.3 Å². The van der Waals surface area contributed by atoms with Crippen LogP contribution in [0.5, 0.6) is 0 Å². The molecule has 32 heavy (non-hydrogen) atoms. The molecule has 0 bridgehead atoms. The largest absolute Gasteiger partial charge is 0.354 e. The fraction of sp³-hybridized carbons (Fsp3) is 0.250. The zero-order valence-electron chi connectivity index (χ0n) is 16.6. The molecule has 4 rings (SSSR count). The first kappa shape index (κ1) is 22.6. The first-order chi connectivity index (χ1) is 15.2. The van der Waals surface area contributed by atoms with E-state index in [0.717, 1.165) is 9.20 Å². The van der Waals surface area contributed by atoms with Gasteiger partial charge in [-0.2, -0.15) is 4.31 Å². The number of amides is 3. The van der Waals surface area contributed by atoms with Gasteiger partial charge in [0.2, 0.25) is 27.7 Å². The smallest absolute Gasteiger partial charge is 0.243 e. The van der Waals surface area contributed by atoms with E-state index in [4.69, 9.17) is 11.6 Å². The number of carbonyl (C=O) groups is 3. The minimum atomic E-state index is -3.88. The molecule has 1 fully saturated rings. The van der Waals surface area contributed by atoms with Crippen molar-refractivity contribution in [2.45, 2.75) is 21.5 Å². The molecule has 2 aromatic rings. The molecule has 0 aromatic heterocycles. The number of fused-ring (bicyclic) bond motifs is 1. The Morgan fingerprint density at radius 1 is 1.22 bits per heavy atom. The van der Waals surface area contributed by atoms with Crippen LogP contribution in [-0.2, 0) is 24.4 Å². The average molecular weight is 495 g/mol. The van der Waals surface area contributed by atoms with E-state index in [0.29, 0.717) is 10.7 Å². The van der Waals surface area contributed by atoms with Crippen LogP contribution in [0.1, 0.15) is 6.42 Å². The third-order valence-electron chi connectivity index (χ3n) is 4.89. The highest BCUT2D eigenvalue weighted by molar-refractivity contribution is 8.01. The second kappa shape index (κ2) is 9.10. The SMILES string of the molecule is O=C1CN(S(=O)(=O)c2cccc(NC(=O)CC3Sc4ccc(Cl)cc4NC3=O)c2)CCN1. The van der Waals surface area contributed by atoms with Gasteiger partial charge in [-0.15, -0.1) is 11.8 Å². The van der Waals surface area contributed by atoms with Gasteiger partial charge in [0.15, 0.2) is 0 Å². The molecule has 0 aliphatic carbocycles. The molecule has 0 spiro atoms. The van der Waals surface area contributed by atoms with Crippen LogP contribution < -0.4 is 16.0 Å². The fourth-order valence-corrected chi connectivity index (χ4v) is 6.05. The van der Waals surface area contributed by atoms with E-state index in [-0.39, 0.29) is 48.5 Å². The Kier molecular flexibility index (Phi) is 6.42. The molecule has 168 valence electrons. The Balaban J connectivity index is 1.43.